The molecule has 5 nitrogen and oxygen atoms in total. The standard InChI is InChI=1S/C25H20ClN3O2/c1-16-27-22-21-19(17-9-4-2-5-10-17)15-20(18-11-6-3-7-12-18)28-24(21)31-23(22)25(30)29(16)14-8-13-26/h2-7,9-12,15H,8,13-14H2,1H3. The highest BCUT2D eigenvalue weighted by Crippen LogP contribution is 2.36. The van der Waals surface area contributed by atoms with E-state index in [-0.39, 0.29) is 11.1 Å². The molecule has 0 unspecified atom stereocenters. The Labute approximate surface area is 183 Å². The second-order valence-electron chi connectivity index (χ2n) is 7.41. The molecule has 0 aliphatic heterocycles. The van der Waals surface area contributed by atoms with Crippen LogP contribution in [0.25, 0.3) is 44.6 Å². The molecular weight excluding hydrogens is 410 g/mol. The van der Waals surface area contributed by atoms with E-state index in [9.17, 15) is 4.79 Å². The van der Waals surface area contributed by atoms with E-state index in [1.54, 1.807) is 4.57 Å². The summed E-state index contributed by atoms with van der Waals surface area (Å²) >= 11 is 5.83. The number of pyridine rings is 1. The normalized spacial score (nSPS) is 11.4. The van der Waals surface area contributed by atoms with Crippen LogP contribution in [0.5, 0.6) is 0 Å². The largest absolute Gasteiger partial charge is 0.430 e. The molecule has 0 aliphatic carbocycles. The molecule has 0 N–H and O–H groups in total. The van der Waals surface area contributed by atoms with E-state index in [1.165, 1.54) is 0 Å². The van der Waals surface area contributed by atoms with E-state index in [4.69, 9.17) is 26.0 Å². The van der Waals surface area contributed by atoms with Crippen molar-refractivity contribution in [2.75, 3.05) is 5.88 Å². The summed E-state index contributed by atoms with van der Waals surface area (Å²) in [4.78, 5) is 22.7. The molecule has 0 atom stereocenters. The predicted octanol–water partition coefficient (Wildman–Crippen LogP) is 5.81. The Morgan fingerprint density at radius 3 is 2.32 bits per heavy atom. The number of hydrogen-bond acceptors (Lipinski definition) is 4. The summed E-state index contributed by atoms with van der Waals surface area (Å²) in [5, 5.41) is 0.755. The van der Waals surface area contributed by atoms with Gasteiger partial charge in [0, 0.05) is 18.0 Å². The van der Waals surface area contributed by atoms with Gasteiger partial charge in [-0.2, -0.15) is 0 Å². The number of fused-ring (bicyclic) bond motifs is 3. The molecule has 5 aromatic rings. The Balaban J connectivity index is 1.86. The minimum absolute atomic E-state index is 0.203. The lowest BCUT2D eigenvalue weighted by Gasteiger charge is -2.09. The number of aromatic nitrogens is 3. The van der Waals surface area contributed by atoms with Crippen molar-refractivity contribution in [3.8, 4) is 22.4 Å². The topological polar surface area (TPSA) is 60.9 Å². The highest BCUT2D eigenvalue weighted by Gasteiger charge is 2.21. The van der Waals surface area contributed by atoms with Crippen LogP contribution in [-0.4, -0.2) is 20.4 Å². The third-order valence-electron chi connectivity index (χ3n) is 5.41. The van der Waals surface area contributed by atoms with E-state index in [0.717, 1.165) is 27.8 Å². The monoisotopic (exact) mass is 429 g/mol. The second kappa shape index (κ2) is 8.00. The molecular formula is C25H20ClN3O2. The number of benzene rings is 2. The summed E-state index contributed by atoms with van der Waals surface area (Å²) in [5.41, 5.74) is 4.69. The van der Waals surface area contributed by atoms with E-state index in [2.05, 4.69) is 0 Å². The molecule has 0 fully saturated rings. The lowest BCUT2D eigenvalue weighted by Crippen LogP contribution is -2.23. The summed E-state index contributed by atoms with van der Waals surface area (Å²) in [7, 11) is 0. The maximum atomic E-state index is 13.2. The smallest absolute Gasteiger partial charge is 0.297 e. The van der Waals surface area contributed by atoms with Gasteiger partial charge in [-0.25, -0.2) is 9.97 Å². The zero-order chi connectivity index (χ0) is 21.4. The number of halogens is 1. The summed E-state index contributed by atoms with van der Waals surface area (Å²) in [5.74, 6) is 1.11. The molecule has 0 amide bonds. The molecule has 3 aromatic heterocycles. The van der Waals surface area contributed by atoms with Gasteiger partial charge in [-0.3, -0.25) is 9.36 Å². The van der Waals surface area contributed by atoms with Gasteiger partial charge in [0.05, 0.1) is 11.1 Å². The number of alkyl halides is 1. The lowest BCUT2D eigenvalue weighted by atomic mass is 10.00. The van der Waals surface area contributed by atoms with Gasteiger partial charge >= 0.3 is 0 Å². The van der Waals surface area contributed by atoms with Crippen molar-refractivity contribution < 1.29 is 4.42 Å². The summed E-state index contributed by atoms with van der Waals surface area (Å²) in [6.07, 6.45) is 0.682. The maximum absolute atomic E-state index is 13.2. The first-order valence-electron chi connectivity index (χ1n) is 10.2. The number of nitrogens with zero attached hydrogens (tertiary/aromatic N) is 3. The first-order valence-corrected chi connectivity index (χ1v) is 10.7. The van der Waals surface area contributed by atoms with Crippen LogP contribution >= 0.6 is 11.6 Å². The van der Waals surface area contributed by atoms with Gasteiger partial charge in [0.25, 0.3) is 5.56 Å². The zero-order valence-corrected chi connectivity index (χ0v) is 17.8. The molecule has 31 heavy (non-hydrogen) atoms. The van der Waals surface area contributed by atoms with Crippen LogP contribution in [0.15, 0.2) is 75.9 Å². The van der Waals surface area contributed by atoms with Crippen molar-refractivity contribution in [1.82, 2.24) is 14.5 Å². The fourth-order valence-corrected chi connectivity index (χ4v) is 4.03. The van der Waals surface area contributed by atoms with E-state index in [1.807, 2.05) is 73.7 Å². The van der Waals surface area contributed by atoms with Crippen LogP contribution < -0.4 is 5.56 Å². The first kappa shape index (κ1) is 19.5. The molecule has 0 aliphatic rings. The quantitative estimate of drug-likeness (QED) is 0.331. The Kier molecular flexibility index (Phi) is 5.04. The highest BCUT2D eigenvalue weighted by molar-refractivity contribution is 6.17. The molecule has 2 aromatic carbocycles. The first-order chi connectivity index (χ1) is 15.2. The van der Waals surface area contributed by atoms with E-state index in [0.29, 0.717) is 35.9 Å². The molecule has 3 heterocycles. The van der Waals surface area contributed by atoms with Crippen LogP contribution in [0.2, 0.25) is 0 Å². The van der Waals surface area contributed by atoms with Crippen LogP contribution in [-0.2, 0) is 6.54 Å². The Bertz CT molecular complexity index is 1440. The van der Waals surface area contributed by atoms with Crippen LogP contribution in [0.3, 0.4) is 0 Å². The summed E-state index contributed by atoms with van der Waals surface area (Å²) in [6.45, 7) is 2.34. The molecule has 154 valence electrons. The number of hydrogen-bond donors (Lipinski definition) is 0. The number of furan rings is 1. The fourth-order valence-electron chi connectivity index (χ4n) is 3.91. The highest BCUT2D eigenvalue weighted by atomic mass is 35.5. The Morgan fingerprint density at radius 1 is 0.968 bits per heavy atom. The average molecular weight is 430 g/mol. The van der Waals surface area contributed by atoms with Gasteiger partial charge in [0.2, 0.25) is 11.3 Å². The summed E-state index contributed by atoms with van der Waals surface area (Å²) < 4.78 is 7.66. The van der Waals surface area contributed by atoms with E-state index < -0.39 is 0 Å². The Hall–Kier alpha value is -3.44. The van der Waals surface area contributed by atoms with Gasteiger partial charge in [-0.1, -0.05) is 60.7 Å². The molecule has 0 radical (unpaired) electrons. The van der Waals surface area contributed by atoms with Crippen molar-refractivity contribution in [3.05, 3.63) is 82.9 Å². The lowest BCUT2D eigenvalue weighted by molar-refractivity contribution is 0.596. The molecule has 0 spiro atoms. The van der Waals surface area contributed by atoms with Crippen molar-refractivity contribution in [2.24, 2.45) is 0 Å². The summed E-state index contributed by atoms with van der Waals surface area (Å²) in [6, 6.07) is 22.0. The third kappa shape index (κ3) is 3.41. The fraction of sp³-hybridized carbons (Fsp3) is 0.160. The van der Waals surface area contributed by atoms with E-state index >= 15 is 0 Å². The van der Waals surface area contributed by atoms with Crippen LogP contribution in [0, 0.1) is 6.92 Å². The van der Waals surface area contributed by atoms with Crippen molar-refractivity contribution >= 4 is 33.8 Å². The van der Waals surface area contributed by atoms with Gasteiger partial charge < -0.3 is 4.42 Å². The Morgan fingerprint density at radius 2 is 1.65 bits per heavy atom. The van der Waals surface area contributed by atoms with Gasteiger partial charge in [0.1, 0.15) is 11.3 Å². The van der Waals surface area contributed by atoms with Crippen molar-refractivity contribution in [2.45, 2.75) is 19.9 Å². The van der Waals surface area contributed by atoms with Gasteiger partial charge in [-0.05, 0) is 30.5 Å². The molecule has 5 rings (SSSR count). The van der Waals surface area contributed by atoms with Gasteiger partial charge in [0.15, 0.2) is 0 Å². The second-order valence-corrected chi connectivity index (χ2v) is 7.78. The minimum atomic E-state index is -0.203. The zero-order valence-electron chi connectivity index (χ0n) is 17.0. The molecule has 0 saturated heterocycles. The molecule has 6 heteroatoms. The number of aryl methyl sites for hydroxylation is 1. The predicted molar refractivity (Wildman–Crippen MR) is 125 cm³/mol. The van der Waals surface area contributed by atoms with Crippen LogP contribution in [0.4, 0.5) is 0 Å². The van der Waals surface area contributed by atoms with Crippen LogP contribution in [0.1, 0.15) is 12.2 Å². The maximum Gasteiger partial charge on any atom is 0.297 e. The number of rotatable bonds is 5. The average Bonchev–Trinajstić information content (AvgIpc) is 3.18. The molecule has 0 bridgehead atoms. The SMILES string of the molecule is Cc1nc2c(oc3nc(-c4ccccc4)cc(-c4ccccc4)c32)c(=O)n1CCCCl. The van der Waals surface area contributed by atoms with Gasteiger partial charge in [-0.15, -0.1) is 11.6 Å². The third-order valence-corrected chi connectivity index (χ3v) is 5.68. The van der Waals surface area contributed by atoms with Crippen molar-refractivity contribution in [1.29, 1.82) is 0 Å². The molecule has 0 saturated carbocycles. The van der Waals surface area contributed by atoms with Crippen molar-refractivity contribution in [3.63, 3.8) is 0 Å². The minimum Gasteiger partial charge on any atom is -0.430 e.